The van der Waals surface area contributed by atoms with Crippen molar-refractivity contribution in [1.82, 2.24) is 0 Å². The van der Waals surface area contributed by atoms with Crippen molar-refractivity contribution in [3.8, 4) is 0 Å². The van der Waals surface area contributed by atoms with Crippen molar-refractivity contribution >= 4 is 27.7 Å². The molecule has 0 bridgehead atoms. The van der Waals surface area contributed by atoms with E-state index in [4.69, 9.17) is 4.74 Å². The molecule has 0 spiro atoms. The van der Waals surface area contributed by atoms with Gasteiger partial charge in [-0.3, -0.25) is 5.32 Å². The molecule has 2 N–H and O–H groups in total. The van der Waals surface area contributed by atoms with E-state index in [1.807, 2.05) is 0 Å². The second kappa shape index (κ2) is 5.51. The van der Waals surface area contributed by atoms with Gasteiger partial charge in [0, 0.05) is 10.0 Å². The minimum atomic E-state index is -0.546. The van der Waals surface area contributed by atoms with Gasteiger partial charge < -0.3 is 9.84 Å². The van der Waals surface area contributed by atoms with E-state index in [2.05, 4.69) is 21.2 Å². The van der Waals surface area contributed by atoms with Gasteiger partial charge in [0.1, 0.15) is 5.60 Å². The Morgan fingerprint density at radius 2 is 2.12 bits per heavy atom. The van der Waals surface area contributed by atoms with Crippen molar-refractivity contribution in [2.45, 2.75) is 33.0 Å². The van der Waals surface area contributed by atoms with Gasteiger partial charge in [-0.1, -0.05) is 22.0 Å². The summed E-state index contributed by atoms with van der Waals surface area (Å²) in [6, 6.07) is 5.28. The van der Waals surface area contributed by atoms with Crippen LogP contribution in [0.2, 0.25) is 0 Å². The van der Waals surface area contributed by atoms with Gasteiger partial charge in [0.05, 0.1) is 12.3 Å². The first-order valence-electron chi connectivity index (χ1n) is 5.22. The third-order valence-corrected chi connectivity index (χ3v) is 2.66. The van der Waals surface area contributed by atoms with E-state index in [0.29, 0.717) is 11.3 Å². The summed E-state index contributed by atoms with van der Waals surface area (Å²) in [6.45, 7) is 5.22. The molecule has 0 radical (unpaired) electrons. The number of amides is 1. The molecule has 1 amide bonds. The van der Waals surface area contributed by atoms with Crippen LogP contribution in [0.15, 0.2) is 22.7 Å². The Labute approximate surface area is 109 Å². The van der Waals surface area contributed by atoms with Gasteiger partial charge in [0.15, 0.2) is 0 Å². The molecule has 0 unspecified atom stereocenters. The van der Waals surface area contributed by atoms with Crippen LogP contribution in [-0.2, 0) is 11.3 Å². The first-order valence-corrected chi connectivity index (χ1v) is 6.01. The highest BCUT2D eigenvalue weighted by Gasteiger charge is 2.17. The van der Waals surface area contributed by atoms with E-state index in [9.17, 15) is 9.90 Å². The van der Waals surface area contributed by atoms with Gasteiger partial charge in [-0.2, -0.15) is 0 Å². The number of aliphatic hydroxyl groups is 1. The van der Waals surface area contributed by atoms with Crippen LogP contribution in [-0.4, -0.2) is 16.8 Å². The molecule has 17 heavy (non-hydrogen) atoms. The van der Waals surface area contributed by atoms with E-state index in [1.165, 1.54) is 0 Å². The number of benzene rings is 1. The van der Waals surface area contributed by atoms with E-state index in [0.717, 1.165) is 4.47 Å². The minimum Gasteiger partial charge on any atom is -0.444 e. The predicted molar refractivity (Wildman–Crippen MR) is 69.9 cm³/mol. The highest BCUT2D eigenvalue weighted by atomic mass is 79.9. The highest BCUT2D eigenvalue weighted by molar-refractivity contribution is 9.10. The van der Waals surface area contributed by atoms with Crippen molar-refractivity contribution in [3.63, 3.8) is 0 Å². The third-order valence-electron chi connectivity index (χ3n) is 1.91. The number of carbonyl (C=O) groups is 1. The zero-order valence-electron chi connectivity index (χ0n) is 10.1. The van der Waals surface area contributed by atoms with Crippen molar-refractivity contribution in [1.29, 1.82) is 0 Å². The maximum Gasteiger partial charge on any atom is 0.412 e. The lowest BCUT2D eigenvalue weighted by molar-refractivity contribution is 0.0635. The van der Waals surface area contributed by atoms with Crippen LogP contribution in [0.1, 0.15) is 26.3 Å². The molecule has 0 aliphatic carbocycles. The zero-order valence-corrected chi connectivity index (χ0v) is 11.7. The summed E-state index contributed by atoms with van der Waals surface area (Å²) >= 11 is 3.31. The summed E-state index contributed by atoms with van der Waals surface area (Å²) in [4.78, 5) is 11.6. The van der Waals surface area contributed by atoms with Gasteiger partial charge in [-0.25, -0.2) is 4.79 Å². The normalized spacial score (nSPS) is 11.1. The number of carbonyl (C=O) groups excluding carboxylic acids is 1. The van der Waals surface area contributed by atoms with Crippen LogP contribution in [0, 0.1) is 0 Å². The molecule has 1 rings (SSSR count). The van der Waals surface area contributed by atoms with Gasteiger partial charge in [-0.05, 0) is 32.9 Å². The fourth-order valence-electron chi connectivity index (χ4n) is 1.25. The standard InChI is InChI=1S/C12H16BrNO3/c1-12(2,3)17-11(16)14-10-6-4-5-9(13)8(10)7-15/h4-6,15H,7H2,1-3H3,(H,14,16). The molecule has 0 aliphatic heterocycles. The van der Waals surface area contributed by atoms with Crippen molar-refractivity contribution in [2.24, 2.45) is 0 Å². The van der Waals surface area contributed by atoms with Crippen LogP contribution < -0.4 is 5.32 Å². The zero-order chi connectivity index (χ0) is 13.1. The van der Waals surface area contributed by atoms with Gasteiger partial charge in [0.2, 0.25) is 0 Å². The summed E-state index contributed by atoms with van der Waals surface area (Å²) in [7, 11) is 0. The highest BCUT2D eigenvalue weighted by Crippen LogP contribution is 2.25. The molecule has 0 saturated heterocycles. The summed E-state index contributed by atoms with van der Waals surface area (Å²) in [5, 5.41) is 11.8. The predicted octanol–water partition coefficient (Wildman–Crippen LogP) is 3.29. The summed E-state index contributed by atoms with van der Waals surface area (Å²) in [5.41, 5.74) is 0.615. The topological polar surface area (TPSA) is 58.6 Å². The number of hydrogen-bond acceptors (Lipinski definition) is 3. The summed E-state index contributed by atoms with van der Waals surface area (Å²) in [5.74, 6) is 0. The molecule has 1 aromatic carbocycles. The fraction of sp³-hybridized carbons (Fsp3) is 0.417. The quantitative estimate of drug-likeness (QED) is 0.881. The number of anilines is 1. The van der Waals surface area contributed by atoms with Crippen molar-refractivity contribution in [2.75, 3.05) is 5.32 Å². The lowest BCUT2D eigenvalue weighted by atomic mass is 10.2. The van der Waals surface area contributed by atoms with E-state index < -0.39 is 11.7 Å². The summed E-state index contributed by atoms with van der Waals surface area (Å²) < 4.78 is 5.88. The molecule has 1 aromatic rings. The van der Waals surface area contributed by atoms with Crippen molar-refractivity contribution in [3.05, 3.63) is 28.2 Å². The molecule has 94 valence electrons. The Morgan fingerprint density at radius 1 is 1.47 bits per heavy atom. The smallest absolute Gasteiger partial charge is 0.412 e. The first kappa shape index (κ1) is 14.0. The van der Waals surface area contributed by atoms with E-state index in [-0.39, 0.29) is 6.61 Å². The van der Waals surface area contributed by atoms with E-state index in [1.54, 1.807) is 39.0 Å². The first-order chi connectivity index (χ1) is 7.83. The third kappa shape index (κ3) is 4.36. The maximum atomic E-state index is 11.6. The largest absolute Gasteiger partial charge is 0.444 e. The maximum absolute atomic E-state index is 11.6. The van der Waals surface area contributed by atoms with E-state index >= 15 is 0 Å². The lowest BCUT2D eigenvalue weighted by Gasteiger charge is -2.20. The molecule has 0 saturated carbocycles. The SMILES string of the molecule is CC(C)(C)OC(=O)Nc1cccc(Br)c1CO. The van der Waals surface area contributed by atoms with Gasteiger partial charge >= 0.3 is 6.09 Å². The van der Waals surface area contributed by atoms with Crippen LogP contribution in [0.4, 0.5) is 10.5 Å². The monoisotopic (exact) mass is 301 g/mol. The second-order valence-corrected chi connectivity index (χ2v) is 5.41. The number of halogens is 1. The Morgan fingerprint density at radius 3 is 2.65 bits per heavy atom. The van der Waals surface area contributed by atoms with Crippen LogP contribution in [0.25, 0.3) is 0 Å². The Balaban J connectivity index is 2.82. The number of nitrogens with one attached hydrogen (secondary N) is 1. The molecule has 0 aliphatic rings. The van der Waals surface area contributed by atoms with Gasteiger partial charge in [0.25, 0.3) is 0 Å². The summed E-state index contributed by atoms with van der Waals surface area (Å²) in [6.07, 6.45) is -0.537. The minimum absolute atomic E-state index is 0.160. The van der Waals surface area contributed by atoms with Gasteiger partial charge in [-0.15, -0.1) is 0 Å². The number of aliphatic hydroxyl groups excluding tert-OH is 1. The molecule has 4 nitrogen and oxygen atoms in total. The number of hydrogen-bond donors (Lipinski definition) is 2. The van der Waals surface area contributed by atoms with Crippen molar-refractivity contribution < 1.29 is 14.6 Å². The second-order valence-electron chi connectivity index (χ2n) is 4.55. The fourth-order valence-corrected chi connectivity index (χ4v) is 1.74. The average molecular weight is 302 g/mol. The number of rotatable bonds is 2. The molecule has 0 heterocycles. The molecular weight excluding hydrogens is 286 g/mol. The van der Waals surface area contributed by atoms with Crippen LogP contribution >= 0.6 is 15.9 Å². The molecular formula is C12H16BrNO3. The Hall–Kier alpha value is -1.07. The Kier molecular flexibility index (Phi) is 4.54. The lowest BCUT2D eigenvalue weighted by Crippen LogP contribution is -2.27. The average Bonchev–Trinajstić information content (AvgIpc) is 2.14. The van der Waals surface area contributed by atoms with Crippen LogP contribution in [0.3, 0.4) is 0 Å². The molecule has 0 fully saturated rings. The molecule has 5 heteroatoms. The number of ether oxygens (including phenoxy) is 1. The molecule has 0 atom stereocenters. The molecule has 0 aromatic heterocycles. The van der Waals surface area contributed by atoms with Crippen LogP contribution in [0.5, 0.6) is 0 Å². The Bertz CT molecular complexity index is 413.